The Kier molecular flexibility index (Phi) is 26.6. The van der Waals surface area contributed by atoms with Gasteiger partial charge in [-0.25, -0.2) is 13.7 Å². The summed E-state index contributed by atoms with van der Waals surface area (Å²) in [5.74, 6) is 0. The summed E-state index contributed by atoms with van der Waals surface area (Å²) in [7, 11) is 3.00. The van der Waals surface area contributed by atoms with E-state index in [2.05, 4.69) is 71.7 Å². The van der Waals surface area contributed by atoms with Gasteiger partial charge in [0.1, 0.15) is 0 Å². The summed E-state index contributed by atoms with van der Waals surface area (Å²) in [6, 6.07) is 11.8. The molecular weight excluding hydrogens is 768 g/mol. The highest BCUT2D eigenvalue weighted by Crippen LogP contribution is 2.31. The zero-order valence-corrected chi connectivity index (χ0v) is 32.0. The highest BCUT2D eigenvalue weighted by atomic mass is 79.9. The van der Waals surface area contributed by atoms with E-state index in [-0.39, 0.29) is 50.9 Å². The molecule has 45 heavy (non-hydrogen) atoms. The topological polar surface area (TPSA) is 150 Å². The van der Waals surface area contributed by atoms with E-state index in [1.54, 1.807) is 0 Å². The Balaban J connectivity index is -0.00000185. The number of hydrogen-bond acceptors (Lipinski definition) is 6. The van der Waals surface area contributed by atoms with Gasteiger partial charge in [-0.2, -0.15) is 0 Å². The number of anilines is 3. The van der Waals surface area contributed by atoms with Gasteiger partial charge in [0.25, 0.3) is 0 Å². The first-order chi connectivity index (χ1) is 20.4. The largest absolute Gasteiger partial charge is 1.00 e. The van der Waals surface area contributed by atoms with Crippen molar-refractivity contribution in [1.29, 1.82) is 0 Å². The van der Waals surface area contributed by atoms with Crippen LogP contribution in [0.2, 0.25) is 0 Å². The smallest absolute Gasteiger partial charge is 0.174 e. The summed E-state index contributed by atoms with van der Waals surface area (Å²) in [5, 5.41) is 21.0. The zero-order chi connectivity index (χ0) is 31.7. The number of nitrogen functional groups attached to an aromatic ring is 3. The number of pyridine rings is 3. The third kappa shape index (κ3) is 13.3. The number of halogens is 3. The van der Waals surface area contributed by atoms with Gasteiger partial charge in [0, 0.05) is 91.5 Å². The van der Waals surface area contributed by atoms with Crippen LogP contribution in [0.5, 0.6) is 0 Å². The maximum absolute atomic E-state index is 7.00. The molecule has 252 valence electrons. The van der Waals surface area contributed by atoms with Crippen LogP contribution in [0.15, 0.2) is 73.6 Å². The molecule has 0 saturated heterocycles. The third-order valence-corrected chi connectivity index (χ3v) is 7.02. The Labute approximate surface area is 300 Å². The first-order valence-corrected chi connectivity index (χ1v) is 14.2. The first kappa shape index (κ1) is 46.8. The van der Waals surface area contributed by atoms with Gasteiger partial charge in [-0.3, -0.25) is 0 Å². The predicted molar refractivity (Wildman–Crippen MR) is 169 cm³/mol. The Morgan fingerprint density at radius 2 is 0.578 bits per heavy atom. The molecule has 4 aromatic rings. The van der Waals surface area contributed by atoms with Crippen molar-refractivity contribution in [3.05, 3.63) is 107 Å². The molecule has 3 heterocycles. The van der Waals surface area contributed by atoms with Crippen LogP contribution in [0, 0.1) is 0 Å². The summed E-state index contributed by atoms with van der Waals surface area (Å²) in [6.45, 7) is 9.27. The molecule has 0 aliphatic carbocycles. The number of benzene rings is 1. The van der Waals surface area contributed by atoms with Crippen molar-refractivity contribution < 1.29 is 80.0 Å². The van der Waals surface area contributed by atoms with E-state index in [0.29, 0.717) is 0 Å². The van der Waals surface area contributed by atoms with Crippen LogP contribution in [0.1, 0.15) is 54.2 Å². The zero-order valence-electron chi connectivity index (χ0n) is 27.2. The number of aliphatic hydroxyl groups excluding tert-OH is 3. The Morgan fingerprint density at radius 3 is 0.733 bits per heavy atom. The van der Waals surface area contributed by atoms with Gasteiger partial charge in [0.2, 0.25) is 0 Å². The summed E-state index contributed by atoms with van der Waals surface area (Å²) >= 11 is 0. The Morgan fingerprint density at radius 1 is 0.400 bits per heavy atom. The first-order valence-electron chi connectivity index (χ1n) is 14.2. The van der Waals surface area contributed by atoms with Crippen molar-refractivity contribution in [1.82, 2.24) is 0 Å². The maximum atomic E-state index is 7.00. The van der Waals surface area contributed by atoms with Gasteiger partial charge >= 0.3 is 0 Å². The SMILES string of the molecule is CCc1c(C[n+]2ccc(N)cc2)c(CC)c(C[n+]2ccc(N)cc2)c(CC)c1C[n+]1ccc(N)cc1.CO.CO.CO.[Br-].[Br-].[Br-]. The molecule has 9 nitrogen and oxygen atoms in total. The fourth-order valence-corrected chi connectivity index (χ4v) is 5.22. The average molecular weight is 820 g/mol. The van der Waals surface area contributed by atoms with Crippen LogP contribution in [0.25, 0.3) is 0 Å². The van der Waals surface area contributed by atoms with Gasteiger partial charge in [-0.05, 0) is 36.0 Å². The Hall–Kier alpha value is -2.61. The molecule has 9 N–H and O–H groups in total. The molecule has 0 aliphatic heterocycles. The molecule has 0 saturated carbocycles. The summed E-state index contributed by atoms with van der Waals surface area (Å²) in [6.07, 6.45) is 15.4. The fraction of sp³-hybridized carbons (Fsp3) is 0.364. The average Bonchev–Trinajstić information content (AvgIpc) is 3.04. The number of hydrogen-bond donors (Lipinski definition) is 6. The highest BCUT2D eigenvalue weighted by Gasteiger charge is 2.27. The van der Waals surface area contributed by atoms with Crippen LogP contribution in [0.3, 0.4) is 0 Å². The van der Waals surface area contributed by atoms with Crippen LogP contribution < -0.4 is 81.8 Å². The monoisotopic (exact) mass is 816 g/mol. The number of nitrogens with zero attached hydrogens (tertiary/aromatic N) is 3. The molecule has 0 bridgehead atoms. The molecule has 0 radical (unpaired) electrons. The molecule has 1 aromatic carbocycles. The van der Waals surface area contributed by atoms with Gasteiger partial charge in [0.15, 0.2) is 56.8 Å². The maximum Gasteiger partial charge on any atom is 0.174 e. The van der Waals surface area contributed by atoms with Gasteiger partial charge in [-0.1, -0.05) is 20.8 Å². The van der Waals surface area contributed by atoms with Crippen LogP contribution in [0.4, 0.5) is 17.1 Å². The molecule has 0 fully saturated rings. The Bertz CT molecular complexity index is 1160. The molecule has 0 unspecified atom stereocenters. The number of aliphatic hydroxyl groups is 3. The molecule has 0 atom stereocenters. The summed E-state index contributed by atoms with van der Waals surface area (Å²) in [4.78, 5) is 0. The predicted octanol–water partition coefficient (Wildman–Crippen LogP) is -7.03. The minimum absolute atomic E-state index is 0. The second kappa shape index (κ2) is 25.6. The van der Waals surface area contributed by atoms with Gasteiger partial charge in [0.05, 0.1) is 0 Å². The minimum atomic E-state index is 0. The van der Waals surface area contributed by atoms with Crippen molar-refractivity contribution in [2.75, 3.05) is 38.5 Å². The van der Waals surface area contributed by atoms with E-state index in [4.69, 9.17) is 32.5 Å². The lowest BCUT2D eigenvalue weighted by Gasteiger charge is -2.22. The van der Waals surface area contributed by atoms with E-state index >= 15 is 0 Å². The highest BCUT2D eigenvalue weighted by molar-refractivity contribution is 5.52. The van der Waals surface area contributed by atoms with E-state index in [9.17, 15) is 0 Å². The lowest BCUT2D eigenvalue weighted by atomic mass is 9.83. The molecule has 0 spiro atoms. The van der Waals surface area contributed by atoms with Crippen molar-refractivity contribution >= 4 is 17.1 Å². The van der Waals surface area contributed by atoms with E-state index in [1.807, 2.05) is 36.4 Å². The lowest BCUT2D eigenvalue weighted by Crippen LogP contribution is -3.00. The van der Waals surface area contributed by atoms with E-state index in [0.717, 1.165) is 77.3 Å². The van der Waals surface area contributed by atoms with E-state index in [1.165, 1.54) is 33.4 Å². The number of aromatic nitrogens is 3. The lowest BCUT2D eigenvalue weighted by molar-refractivity contribution is -0.690. The second-order valence-corrected chi connectivity index (χ2v) is 9.34. The summed E-state index contributed by atoms with van der Waals surface area (Å²) < 4.78 is 6.70. The van der Waals surface area contributed by atoms with Crippen molar-refractivity contribution in [2.24, 2.45) is 0 Å². The molecular formula is C33H51Br3N6O3. The fourth-order valence-electron chi connectivity index (χ4n) is 5.22. The molecule has 0 amide bonds. The standard InChI is InChI=1S/C30H36N6.3CH4O.3BrH/c1-4-25-28(19-34-13-7-22(31)8-14-34)26(5-2)30(21-36-17-11-24(33)12-18-36)27(6-3)29(25)20-35-15-9-23(32)10-16-35;3*1-2;;;/h7-18,31-33H,4-6,19-21H2,1-3H3;3*2H,1H3;3*1H. The van der Waals surface area contributed by atoms with Crippen LogP contribution in [-0.4, -0.2) is 36.6 Å². The quantitative estimate of drug-likeness (QED) is 0.0926. The molecule has 4 rings (SSSR count). The van der Waals surface area contributed by atoms with E-state index < -0.39 is 0 Å². The normalized spacial score (nSPS) is 9.27. The van der Waals surface area contributed by atoms with Crippen molar-refractivity contribution in [3.8, 4) is 0 Å². The van der Waals surface area contributed by atoms with Gasteiger partial charge in [-0.15, -0.1) is 0 Å². The van der Waals surface area contributed by atoms with Crippen LogP contribution in [-0.2, 0) is 38.9 Å². The van der Waals surface area contributed by atoms with Gasteiger partial charge < -0.3 is 83.5 Å². The van der Waals surface area contributed by atoms with Crippen molar-refractivity contribution in [2.45, 2.75) is 59.7 Å². The number of rotatable bonds is 9. The third-order valence-electron chi connectivity index (χ3n) is 7.02. The number of nitrogens with two attached hydrogens (primary N) is 3. The molecule has 0 aliphatic rings. The molecule has 12 heteroatoms. The molecule has 3 aromatic heterocycles. The van der Waals surface area contributed by atoms with Crippen LogP contribution >= 0.6 is 0 Å². The second-order valence-electron chi connectivity index (χ2n) is 9.34. The van der Waals surface area contributed by atoms with Crippen molar-refractivity contribution in [3.63, 3.8) is 0 Å². The summed E-state index contributed by atoms with van der Waals surface area (Å²) in [5.41, 5.74) is 28.9. The minimum Gasteiger partial charge on any atom is -1.00 e.